The van der Waals surface area contributed by atoms with Crippen LogP contribution >= 0.6 is 0 Å². The normalized spacial score (nSPS) is 28.7. The van der Waals surface area contributed by atoms with E-state index in [1.54, 1.807) is 6.07 Å². The van der Waals surface area contributed by atoms with Crippen LogP contribution in [0.15, 0.2) is 18.2 Å². The predicted octanol–water partition coefficient (Wildman–Crippen LogP) is 2.97. The highest BCUT2D eigenvalue weighted by Gasteiger charge is 2.34. The van der Waals surface area contributed by atoms with Crippen LogP contribution in [0.2, 0.25) is 0 Å². The third-order valence-electron chi connectivity index (χ3n) is 4.73. The van der Waals surface area contributed by atoms with Crippen molar-refractivity contribution in [2.24, 2.45) is 5.92 Å². The fourth-order valence-electron chi connectivity index (χ4n) is 3.61. The van der Waals surface area contributed by atoms with E-state index in [-0.39, 0.29) is 11.7 Å². The molecule has 1 N–H and O–H groups in total. The van der Waals surface area contributed by atoms with Gasteiger partial charge in [-0.2, -0.15) is 5.26 Å². The molecular weight excluding hydrogens is 248 g/mol. The average Bonchev–Trinajstić information content (AvgIpc) is 2.46. The highest BCUT2D eigenvalue weighted by atomic mass is 16.1. The van der Waals surface area contributed by atoms with Gasteiger partial charge in [0, 0.05) is 23.6 Å². The molecule has 20 heavy (non-hydrogen) atoms. The lowest BCUT2D eigenvalue weighted by Gasteiger charge is -2.39. The number of fused-ring (bicyclic) bond motifs is 2. The van der Waals surface area contributed by atoms with Crippen LogP contribution in [-0.2, 0) is 0 Å². The number of nitriles is 1. The minimum Gasteiger partial charge on any atom is -0.311 e. The molecule has 0 spiro atoms. The number of carbonyl (C=O) groups is 1. The first-order valence-electron chi connectivity index (χ1n) is 7.48. The number of piperidine rings is 2. The van der Waals surface area contributed by atoms with Crippen molar-refractivity contribution < 1.29 is 4.79 Å². The van der Waals surface area contributed by atoms with Gasteiger partial charge in [-0.15, -0.1) is 0 Å². The lowest BCUT2D eigenvalue weighted by atomic mass is 9.77. The molecule has 3 nitrogen and oxygen atoms in total. The van der Waals surface area contributed by atoms with E-state index in [0.29, 0.717) is 23.2 Å². The van der Waals surface area contributed by atoms with Gasteiger partial charge in [-0.25, -0.2) is 0 Å². The van der Waals surface area contributed by atoms with Crippen molar-refractivity contribution in [2.75, 3.05) is 0 Å². The van der Waals surface area contributed by atoms with Crippen molar-refractivity contribution in [3.8, 4) is 6.07 Å². The summed E-state index contributed by atoms with van der Waals surface area (Å²) in [7, 11) is 0. The van der Waals surface area contributed by atoms with Crippen LogP contribution in [0.25, 0.3) is 0 Å². The minimum atomic E-state index is 0.126. The molecule has 104 valence electrons. The van der Waals surface area contributed by atoms with Crippen molar-refractivity contribution in [3.05, 3.63) is 34.9 Å². The second kappa shape index (κ2) is 5.38. The van der Waals surface area contributed by atoms with Gasteiger partial charge in [0.2, 0.25) is 0 Å². The van der Waals surface area contributed by atoms with E-state index >= 15 is 0 Å². The maximum absolute atomic E-state index is 12.7. The second-order valence-electron chi connectivity index (χ2n) is 6.17. The van der Waals surface area contributed by atoms with Crippen LogP contribution in [0.4, 0.5) is 0 Å². The highest BCUT2D eigenvalue weighted by molar-refractivity contribution is 5.98. The molecule has 2 aliphatic rings. The zero-order valence-electron chi connectivity index (χ0n) is 11.9. The fourth-order valence-corrected chi connectivity index (χ4v) is 3.61. The summed E-state index contributed by atoms with van der Waals surface area (Å²) in [6.07, 6.45) is 5.57. The largest absolute Gasteiger partial charge is 0.311 e. The Bertz CT molecular complexity index is 561. The summed E-state index contributed by atoms with van der Waals surface area (Å²) >= 11 is 0. The Morgan fingerprint density at radius 1 is 1.30 bits per heavy atom. The molecule has 0 radical (unpaired) electrons. The Morgan fingerprint density at radius 2 is 2.00 bits per heavy atom. The van der Waals surface area contributed by atoms with Crippen molar-refractivity contribution in [1.82, 2.24) is 5.32 Å². The molecule has 2 atom stereocenters. The summed E-state index contributed by atoms with van der Waals surface area (Å²) in [6.45, 7) is 1.90. The summed E-state index contributed by atoms with van der Waals surface area (Å²) in [5.41, 5.74) is 2.26. The summed E-state index contributed by atoms with van der Waals surface area (Å²) in [6, 6.07) is 8.71. The Balaban J connectivity index is 1.80. The fraction of sp³-hybridized carbons (Fsp3) is 0.529. The van der Waals surface area contributed by atoms with Crippen LogP contribution in [0.3, 0.4) is 0 Å². The SMILES string of the molecule is Cc1ccc(C(=O)C2CC3CCCC(C2)N3)cc1C#N. The number of hydrogen-bond donors (Lipinski definition) is 1. The van der Waals surface area contributed by atoms with Crippen molar-refractivity contribution in [2.45, 2.75) is 51.1 Å². The molecule has 2 bridgehead atoms. The van der Waals surface area contributed by atoms with E-state index in [1.165, 1.54) is 19.3 Å². The minimum absolute atomic E-state index is 0.126. The number of hydrogen-bond acceptors (Lipinski definition) is 3. The van der Waals surface area contributed by atoms with E-state index in [0.717, 1.165) is 18.4 Å². The maximum Gasteiger partial charge on any atom is 0.166 e. The van der Waals surface area contributed by atoms with E-state index in [1.807, 2.05) is 19.1 Å². The van der Waals surface area contributed by atoms with Crippen LogP contribution in [0.5, 0.6) is 0 Å². The smallest absolute Gasteiger partial charge is 0.166 e. The molecule has 1 aromatic rings. The summed E-state index contributed by atoms with van der Waals surface area (Å²) in [5, 5.41) is 12.7. The second-order valence-corrected chi connectivity index (χ2v) is 6.17. The van der Waals surface area contributed by atoms with Crippen LogP contribution in [-0.4, -0.2) is 17.9 Å². The topological polar surface area (TPSA) is 52.9 Å². The number of aryl methyl sites for hydroxylation is 1. The molecule has 2 unspecified atom stereocenters. The zero-order valence-corrected chi connectivity index (χ0v) is 11.9. The standard InChI is InChI=1S/C17H20N2O/c1-11-5-6-12(7-14(11)10-18)17(20)13-8-15-3-2-4-16(9-13)19-15/h5-7,13,15-16,19H,2-4,8-9H2,1H3. The van der Waals surface area contributed by atoms with Crippen molar-refractivity contribution in [1.29, 1.82) is 5.26 Å². The van der Waals surface area contributed by atoms with Gasteiger partial charge in [-0.1, -0.05) is 18.6 Å². The molecule has 2 saturated heterocycles. The Labute approximate surface area is 120 Å². The molecule has 3 rings (SSSR count). The molecule has 2 fully saturated rings. The van der Waals surface area contributed by atoms with Gasteiger partial charge in [-0.3, -0.25) is 4.79 Å². The van der Waals surface area contributed by atoms with Gasteiger partial charge < -0.3 is 5.32 Å². The van der Waals surface area contributed by atoms with Crippen LogP contribution in [0.1, 0.15) is 53.6 Å². The molecule has 0 amide bonds. The number of carbonyl (C=O) groups excluding carboxylic acids is 1. The highest BCUT2D eigenvalue weighted by Crippen LogP contribution is 2.32. The lowest BCUT2D eigenvalue weighted by Crippen LogP contribution is -2.50. The zero-order chi connectivity index (χ0) is 14.1. The Hall–Kier alpha value is -1.66. The maximum atomic E-state index is 12.7. The van der Waals surface area contributed by atoms with Crippen molar-refractivity contribution >= 4 is 5.78 Å². The molecule has 0 aromatic heterocycles. The molecule has 2 aliphatic heterocycles. The molecule has 0 saturated carbocycles. The first-order valence-corrected chi connectivity index (χ1v) is 7.48. The number of ketones is 1. The van der Waals surface area contributed by atoms with Gasteiger partial charge in [0.25, 0.3) is 0 Å². The predicted molar refractivity (Wildman–Crippen MR) is 77.5 cm³/mol. The molecule has 0 aliphatic carbocycles. The van der Waals surface area contributed by atoms with E-state index in [9.17, 15) is 4.79 Å². The third-order valence-corrected chi connectivity index (χ3v) is 4.73. The van der Waals surface area contributed by atoms with Gasteiger partial charge in [0.1, 0.15) is 0 Å². The summed E-state index contributed by atoms with van der Waals surface area (Å²) < 4.78 is 0. The van der Waals surface area contributed by atoms with Crippen LogP contribution in [0, 0.1) is 24.2 Å². The number of benzene rings is 1. The number of Topliss-reactive ketones (excluding diaryl/α,β-unsaturated/α-hetero) is 1. The molecule has 1 aromatic carbocycles. The first-order chi connectivity index (χ1) is 9.67. The number of nitrogens with one attached hydrogen (secondary N) is 1. The monoisotopic (exact) mass is 268 g/mol. The Kier molecular flexibility index (Phi) is 3.58. The van der Waals surface area contributed by atoms with Gasteiger partial charge >= 0.3 is 0 Å². The van der Waals surface area contributed by atoms with E-state index in [2.05, 4.69) is 11.4 Å². The summed E-state index contributed by atoms with van der Waals surface area (Å²) in [5.74, 6) is 0.348. The first kappa shape index (κ1) is 13.3. The van der Waals surface area contributed by atoms with Crippen molar-refractivity contribution in [3.63, 3.8) is 0 Å². The van der Waals surface area contributed by atoms with Crippen LogP contribution < -0.4 is 5.32 Å². The summed E-state index contributed by atoms with van der Waals surface area (Å²) in [4.78, 5) is 12.7. The molecular formula is C17H20N2O. The number of nitrogens with zero attached hydrogens (tertiary/aromatic N) is 1. The van der Waals surface area contributed by atoms with E-state index < -0.39 is 0 Å². The molecule has 3 heteroatoms. The van der Waals surface area contributed by atoms with Gasteiger partial charge in [0.05, 0.1) is 11.6 Å². The Morgan fingerprint density at radius 3 is 2.65 bits per heavy atom. The third kappa shape index (κ3) is 2.48. The quantitative estimate of drug-likeness (QED) is 0.839. The van der Waals surface area contributed by atoms with Gasteiger partial charge in [0.15, 0.2) is 5.78 Å². The average molecular weight is 268 g/mol. The van der Waals surface area contributed by atoms with Gasteiger partial charge in [-0.05, 0) is 44.2 Å². The lowest BCUT2D eigenvalue weighted by molar-refractivity contribution is 0.0825. The molecule has 2 heterocycles. The number of rotatable bonds is 2. The van der Waals surface area contributed by atoms with E-state index in [4.69, 9.17) is 5.26 Å².